The highest BCUT2D eigenvalue weighted by atomic mass is 19.1. The molecule has 0 aliphatic rings. The summed E-state index contributed by atoms with van der Waals surface area (Å²) in [6.45, 7) is 3.79. The largest absolute Gasteiger partial charge is 0.496 e. The van der Waals surface area contributed by atoms with Crippen molar-refractivity contribution in [2.24, 2.45) is 0 Å². The van der Waals surface area contributed by atoms with Crippen molar-refractivity contribution >= 4 is 16.8 Å². The Bertz CT molecular complexity index is 1280. The first-order valence-corrected chi connectivity index (χ1v) is 10.7. The zero-order chi connectivity index (χ0) is 22.8. The van der Waals surface area contributed by atoms with E-state index in [1.54, 1.807) is 25.0 Å². The Balaban J connectivity index is 1.56. The van der Waals surface area contributed by atoms with Crippen LogP contribution in [0.2, 0.25) is 0 Å². The predicted octanol–water partition coefficient (Wildman–Crippen LogP) is 5.99. The lowest BCUT2D eigenvalue weighted by Gasteiger charge is -2.25. The quantitative estimate of drug-likeness (QED) is 0.408. The van der Waals surface area contributed by atoms with Gasteiger partial charge in [-0.3, -0.25) is 4.79 Å². The van der Waals surface area contributed by atoms with Crippen LogP contribution in [0.1, 0.15) is 28.5 Å². The summed E-state index contributed by atoms with van der Waals surface area (Å²) in [6, 6.07) is 20.8. The third kappa shape index (κ3) is 4.24. The van der Waals surface area contributed by atoms with Crippen molar-refractivity contribution in [3.05, 3.63) is 89.4 Å². The summed E-state index contributed by atoms with van der Waals surface area (Å²) in [5.41, 5.74) is 5.04. The van der Waals surface area contributed by atoms with Crippen molar-refractivity contribution in [3.8, 4) is 16.9 Å². The minimum absolute atomic E-state index is 0.0111. The number of nitrogens with zero attached hydrogens (tertiary/aromatic N) is 1. The number of aromatic nitrogens is 1. The fraction of sp³-hybridized carbons (Fsp3) is 0.222. The average Bonchev–Trinajstić information content (AvgIpc) is 3.23. The van der Waals surface area contributed by atoms with Crippen LogP contribution in [0.4, 0.5) is 4.39 Å². The Morgan fingerprint density at radius 3 is 2.53 bits per heavy atom. The SMILES string of the molecule is COc1ccccc1CC(C)N(C)C(=O)c1cc2cc(-c3ccc(F)c(C)c3)ccc2[nH]1. The van der Waals surface area contributed by atoms with Crippen LogP contribution in [0.3, 0.4) is 0 Å². The number of hydrogen-bond donors (Lipinski definition) is 1. The lowest BCUT2D eigenvalue weighted by atomic mass is 10.0. The molecule has 164 valence electrons. The zero-order valence-corrected chi connectivity index (χ0v) is 18.8. The normalized spacial score (nSPS) is 12.0. The second-order valence-corrected chi connectivity index (χ2v) is 8.23. The monoisotopic (exact) mass is 430 g/mol. The highest BCUT2D eigenvalue weighted by Gasteiger charge is 2.21. The van der Waals surface area contributed by atoms with Gasteiger partial charge in [-0.25, -0.2) is 4.39 Å². The standard InChI is InChI=1S/C27H27FN2O2/c1-17-13-19(9-11-23(17)28)20-10-12-24-22(15-20)16-25(29-24)27(31)30(3)18(2)14-21-7-5-6-8-26(21)32-4/h5-13,15-16,18,29H,14H2,1-4H3. The molecule has 0 spiro atoms. The topological polar surface area (TPSA) is 45.3 Å². The van der Waals surface area contributed by atoms with E-state index in [9.17, 15) is 9.18 Å². The molecule has 0 saturated carbocycles. The number of ether oxygens (including phenoxy) is 1. The fourth-order valence-electron chi connectivity index (χ4n) is 3.97. The Morgan fingerprint density at radius 2 is 1.78 bits per heavy atom. The van der Waals surface area contributed by atoms with Gasteiger partial charge in [0.2, 0.25) is 0 Å². The van der Waals surface area contributed by atoms with Gasteiger partial charge < -0.3 is 14.6 Å². The van der Waals surface area contributed by atoms with Gasteiger partial charge in [0.15, 0.2) is 0 Å². The molecule has 5 heteroatoms. The number of amides is 1. The highest BCUT2D eigenvalue weighted by molar-refractivity contribution is 5.99. The van der Waals surface area contributed by atoms with E-state index in [1.807, 2.05) is 68.6 Å². The van der Waals surface area contributed by atoms with Gasteiger partial charge in [-0.2, -0.15) is 0 Å². The van der Waals surface area contributed by atoms with Crippen LogP contribution < -0.4 is 4.74 Å². The Hall–Kier alpha value is -3.60. The molecule has 0 aliphatic heterocycles. The summed E-state index contributed by atoms with van der Waals surface area (Å²) in [5.74, 6) is 0.548. The molecule has 1 amide bonds. The molecular formula is C27H27FN2O2. The van der Waals surface area contributed by atoms with Crippen molar-refractivity contribution in [3.63, 3.8) is 0 Å². The number of methoxy groups -OCH3 is 1. The van der Waals surface area contributed by atoms with Crippen LogP contribution in [0.5, 0.6) is 5.75 Å². The van der Waals surface area contributed by atoms with Crippen molar-refractivity contribution in [2.45, 2.75) is 26.3 Å². The molecule has 1 heterocycles. The second kappa shape index (κ2) is 8.87. The van der Waals surface area contributed by atoms with Crippen LogP contribution in [-0.2, 0) is 6.42 Å². The summed E-state index contributed by atoms with van der Waals surface area (Å²) in [6.07, 6.45) is 0.695. The van der Waals surface area contributed by atoms with E-state index in [0.717, 1.165) is 33.3 Å². The molecule has 4 nitrogen and oxygen atoms in total. The maximum Gasteiger partial charge on any atom is 0.270 e. The maximum atomic E-state index is 13.6. The van der Waals surface area contributed by atoms with E-state index >= 15 is 0 Å². The van der Waals surface area contributed by atoms with Crippen molar-refractivity contribution in [2.75, 3.05) is 14.2 Å². The summed E-state index contributed by atoms with van der Waals surface area (Å²) in [4.78, 5) is 18.2. The average molecular weight is 431 g/mol. The lowest BCUT2D eigenvalue weighted by molar-refractivity contribution is 0.0738. The van der Waals surface area contributed by atoms with Gasteiger partial charge >= 0.3 is 0 Å². The Labute approximate surface area is 187 Å². The number of nitrogens with one attached hydrogen (secondary N) is 1. The van der Waals surface area contributed by atoms with E-state index in [4.69, 9.17) is 4.74 Å². The number of halogens is 1. The summed E-state index contributed by atoms with van der Waals surface area (Å²) in [7, 11) is 3.48. The molecule has 0 radical (unpaired) electrons. The van der Waals surface area contributed by atoms with Gasteiger partial charge in [0.25, 0.3) is 5.91 Å². The first-order valence-electron chi connectivity index (χ1n) is 10.7. The van der Waals surface area contributed by atoms with Gasteiger partial charge in [-0.15, -0.1) is 0 Å². The van der Waals surface area contributed by atoms with Gasteiger partial charge in [-0.1, -0.05) is 30.3 Å². The predicted molar refractivity (Wildman–Crippen MR) is 127 cm³/mol. The molecule has 1 atom stereocenters. The third-order valence-corrected chi connectivity index (χ3v) is 6.03. The smallest absolute Gasteiger partial charge is 0.270 e. The number of hydrogen-bond acceptors (Lipinski definition) is 2. The molecular weight excluding hydrogens is 403 g/mol. The van der Waals surface area contributed by atoms with Gasteiger partial charge in [0, 0.05) is 24.0 Å². The zero-order valence-electron chi connectivity index (χ0n) is 18.8. The summed E-state index contributed by atoms with van der Waals surface area (Å²) < 4.78 is 19.1. The number of H-pyrrole nitrogens is 1. The van der Waals surface area contributed by atoms with Crippen LogP contribution >= 0.6 is 0 Å². The van der Waals surface area contributed by atoms with E-state index < -0.39 is 0 Å². The van der Waals surface area contributed by atoms with Crippen molar-refractivity contribution in [1.29, 1.82) is 0 Å². The minimum atomic E-state index is -0.213. The molecule has 1 unspecified atom stereocenters. The summed E-state index contributed by atoms with van der Waals surface area (Å²) in [5, 5.41) is 0.943. The Kier molecular flexibility index (Phi) is 5.99. The van der Waals surface area contributed by atoms with Crippen molar-refractivity contribution in [1.82, 2.24) is 9.88 Å². The maximum absolute atomic E-state index is 13.6. The minimum Gasteiger partial charge on any atom is -0.496 e. The first kappa shape index (κ1) is 21.6. The molecule has 4 aromatic rings. The number of aryl methyl sites for hydroxylation is 1. The van der Waals surface area contributed by atoms with Crippen LogP contribution in [0, 0.1) is 12.7 Å². The molecule has 32 heavy (non-hydrogen) atoms. The molecule has 0 fully saturated rings. The Morgan fingerprint density at radius 1 is 1.06 bits per heavy atom. The van der Waals surface area contributed by atoms with E-state index in [1.165, 1.54) is 6.07 Å². The molecule has 0 aliphatic carbocycles. The van der Waals surface area contributed by atoms with Crippen LogP contribution in [0.15, 0.2) is 66.7 Å². The molecule has 0 bridgehead atoms. The summed E-state index contributed by atoms with van der Waals surface area (Å²) >= 11 is 0. The van der Waals surface area contributed by atoms with Gasteiger partial charge in [0.1, 0.15) is 17.3 Å². The highest BCUT2D eigenvalue weighted by Crippen LogP contribution is 2.27. The van der Waals surface area contributed by atoms with Gasteiger partial charge in [0.05, 0.1) is 7.11 Å². The number of rotatable bonds is 6. The molecule has 3 aromatic carbocycles. The third-order valence-electron chi connectivity index (χ3n) is 6.03. The number of benzene rings is 3. The molecule has 0 saturated heterocycles. The first-order chi connectivity index (χ1) is 15.4. The lowest BCUT2D eigenvalue weighted by Crippen LogP contribution is -2.36. The van der Waals surface area contributed by atoms with Gasteiger partial charge in [-0.05, 0) is 78.9 Å². The molecule has 1 aromatic heterocycles. The molecule has 1 N–H and O–H groups in total. The van der Waals surface area contributed by atoms with E-state index in [-0.39, 0.29) is 17.8 Å². The number of fused-ring (bicyclic) bond motifs is 1. The van der Waals surface area contributed by atoms with Crippen LogP contribution in [0.25, 0.3) is 22.0 Å². The van der Waals surface area contributed by atoms with Crippen LogP contribution in [-0.4, -0.2) is 36.0 Å². The van der Waals surface area contributed by atoms with E-state index in [2.05, 4.69) is 4.98 Å². The molecule has 4 rings (SSSR count). The number of para-hydroxylation sites is 1. The number of carbonyl (C=O) groups excluding carboxylic acids is 1. The van der Waals surface area contributed by atoms with E-state index in [0.29, 0.717) is 17.7 Å². The fourth-order valence-corrected chi connectivity index (χ4v) is 3.97. The second-order valence-electron chi connectivity index (χ2n) is 8.23. The van der Waals surface area contributed by atoms with Crippen molar-refractivity contribution < 1.29 is 13.9 Å². The number of aromatic amines is 1. The number of carbonyl (C=O) groups is 1. The number of likely N-dealkylation sites (N-methyl/N-ethyl adjacent to an activating group) is 1.